The Hall–Kier alpha value is -1.12. The molecule has 3 nitrogen and oxygen atoms in total. The fourth-order valence-corrected chi connectivity index (χ4v) is 1.07. The Morgan fingerprint density at radius 1 is 1.73 bits per heavy atom. The lowest BCUT2D eigenvalue weighted by Gasteiger charge is -1.98. The monoisotopic (exact) mass is 152 g/mol. The number of carbonyl (C=O) groups is 1. The van der Waals surface area contributed by atoms with Crippen LogP contribution in [0.15, 0.2) is 11.6 Å². The van der Waals surface area contributed by atoms with Gasteiger partial charge in [0.05, 0.1) is 0 Å². The molecule has 0 bridgehead atoms. The van der Waals surface area contributed by atoms with Crippen molar-refractivity contribution in [2.75, 3.05) is 6.54 Å². The molecule has 0 aliphatic carbocycles. The Bertz CT molecular complexity index is 218. The normalized spacial score (nSPS) is 18.3. The molecule has 0 aromatic carbocycles. The molecule has 11 heavy (non-hydrogen) atoms. The van der Waals surface area contributed by atoms with E-state index in [1.165, 1.54) is 6.08 Å². The van der Waals surface area contributed by atoms with Crippen LogP contribution >= 0.6 is 0 Å². The Morgan fingerprint density at radius 3 is 3.09 bits per heavy atom. The van der Waals surface area contributed by atoms with Crippen molar-refractivity contribution in [2.45, 2.75) is 19.8 Å². The minimum atomic E-state index is -0.0656. The molecule has 1 rings (SSSR count). The zero-order valence-corrected chi connectivity index (χ0v) is 6.61. The van der Waals surface area contributed by atoms with Crippen LogP contribution in [0.2, 0.25) is 0 Å². The van der Waals surface area contributed by atoms with Gasteiger partial charge < -0.3 is 10.7 Å². The van der Waals surface area contributed by atoms with E-state index in [0.29, 0.717) is 5.71 Å². The highest BCUT2D eigenvalue weighted by Gasteiger charge is 2.07. The van der Waals surface area contributed by atoms with Crippen LogP contribution in [0.3, 0.4) is 0 Å². The SMILES string of the molecule is CC(=N)C1=CC(=O)NCCC1. The van der Waals surface area contributed by atoms with Crippen LogP contribution in [0.25, 0.3) is 0 Å². The van der Waals surface area contributed by atoms with Gasteiger partial charge in [-0.2, -0.15) is 0 Å². The van der Waals surface area contributed by atoms with Gasteiger partial charge in [-0.1, -0.05) is 0 Å². The quantitative estimate of drug-likeness (QED) is 0.538. The molecule has 3 heteroatoms. The van der Waals surface area contributed by atoms with Crippen molar-refractivity contribution < 1.29 is 4.79 Å². The molecule has 2 N–H and O–H groups in total. The molecule has 1 heterocycles. The second kappa shape index (κ2) is 3.32. The Balaban J connectivity index is 2.75. The second-order valence-corrected chi connectivity index (χ2v) is 2.69. The third kappa shape index (κ3) is 2.18. The van der Waals surface area contributed by atoms with Gasteiger partial charge in [0.15, 0.2) is 0 Å². The molecule has 0 aromatic rings. The Morgan fingerprint density at radius 2 is 2.45 bits per heavy atom. The third-order valence-electron chi connectivity index (χ3n) is 1.71. The first kappa shape index (κ1) is 7.98. The molecule has 0 spiro atoms. The molecular weight excluding hydrogens is 140 g/mol. The molecule has 1 aliphatic rings. The predicted molar refractivity (Wildman–Crippen MR) is 43.7 cm³/mol. The van der Waals surface area contributed by atoms with Gasteiger partial charge in [-0.25, -0.2) is 0 Å². The lowest BCUT2D eigenvalue weighted by molar-refractivity contribution is -0.116. The zero-order chi connectivity index (χ0) is 8.27. The minimum absolute atomic E-state index is 0.0656. The van der Waals surface area contributed by atoms with Crippen molar-refractivity contribution in [3.05, 3.63) is 11.6 Å². The summed E-state index contributed by atoms with van der Waals surface area (Å²) < 4.78 is 0. The summed E-state index contributed by atoms with van der Waals surface area (Å²) in [6, 6.07) is 0. The summed E-state index contributed by atoms with van der Waals surface area (Å²) in [6.45, 7) is 2.44. The number of nitrogens with one attached hydrogen (secondary N) is 2. The second-order valence-electron chi connectivity index (χ2n) is 2.69. The summed E-state index contributed by atoms with van der Waals surface area (Å²) in [6.07, 6.45) is 3.30. The fraction of sp³-hybridized carbons (Fsp3) is 0.500. The van der Waals surface area contributed by atoms with Gasteiger partial charge in [-0.05, 0) is 25.3 Å². The number of amides is 1. The van der Waals surface area contributed by atoms with Gasteiger partial charge in [0.1, 0.15) is 0 Å². The van der Waals surface area contributed by atoms with Gasteiger partial charge in [-0.3, -0.25) is 4.79 Å². The summed E-state index contributed by atoms with van der Waals surface area (Å²) >= 11 is 0. The first-order valence-corrected chi connectivity index (χ1v) is 3.74. The number of hydrogen-bond donors (Lipinski definition) is 2. The van der Waals surface area contributed by atoms with Crippen LogP contribution in [-0.2, 0) is 4.79 Å². The Labute approximate surface area is 66.0 Å². The van der Waals surface area contributed by atoms with Crippen LogP contribution in [0.5, 0.6) is 0 Å². The van der Waals surface area contributed by atoms with Crippen molar-refractivity contribution >= 4 is 11.6 Å². The van der Waals surface area contributed by atoms with Crippen molar-refractivity contribution in [1.29, 1.82) is 5.41 Å². The molecular formula is C8H12N2O. The highest BCUT2D eigenvalue weighted by molar-refractivity contribution is 6.02. The molecule has 0 fully saturated rings. The average molecular weight is 152 g/mol. The maximum absolute atomic E-state index is 10.9. The van der Waals surface area contributed by atoms with E-state index in [0.717, 1.165) is 25.0 Å². The van der Waals surface area contributed by atoms with E-state index in [4.69, 9.17) is 5.41 Å². The first-order chi connectivity index (χ1) is 5.20. The maximum Gasteiger partial charge on any atom is 0.244 e. The lowest BCUT2D eigenvalue weighted by Crippen LogP contribution is -2.20. The van der Waals surface area contributed by atoms with E-state index in [9.17, 15) is 4.79 Å². The van der Waals surface area contributed by atoms with Gasteiger partial charge in [0, 0.05) is 18.3 Å². The van der Waals surface area contributed by atoms with Crippen LogP contribution in [-0.4, -0.2) is 18.2 Å². The molecule has 0 aromatic heterocycles. The van der Waals surface area contributed by atoms with E-state index in [-0.39, 0.29) is 5.91 Å². The van der Waals surface area contributed by atoms with Crippen LogP contribution in [0.1, 0.15) is 19.8 Å². The topological polar surface area (TPSA) is 53.0 Å². The van der Waals surface area contributed by atoms with Crippen molar-refractivity contribution in [1.82, 2.24) is 5.32 Å². The summed E-state index contributed by atoms with van der Waals surface area (Å²) in [4.78, 5) is 10.9. The van der Waals surface area contributed by atoms with E-state index in [1.54, 1.807) is 6.92 Å². The number of allylic oxidation sites excluding steroid dienone is 1. The standard InChI is InChI=1S/C8H12N2O/c1-6(9)7-3-2-4-10-8(11)5-7/h5,9H,2-4H2,1H3,(H,10,11). The van der Waals surface area contributed by atoms with Gasteiger partial charge in [-0.15, -0.1) is 0 Å². The van der Waals surface area contributed by atoms with Crippen LogP contribution < -0.4 is 5.32 Å². The summed E-state index contributed by atoms with van der Waals surface area (Å²) in [5, 5.41) is 10.0. The maximum atomic E-state index is 10.9. The highest BCUT2D eigenvalue weighted by Crippen LogP contribution is 2.08. The minimum Gasteiger partial charge on any atom is -0.353 e. The van der Waals surface area contributed by atoms with Crippen molar-refractivity contribution in [3.8, 4) is 0 Å². The lowest BCUT2D eigenvalue weighted by atomic mass is 10.1. The van der Waals surface area contributed by atoms with Gasteiger partial charge in [0.2, 0.25) is 5.91 Å². The average Bonchev–Trinajstić information content (AvgIpc) is 2.13. The number of hydrogen-bond acceptors (Lipinski definition) is 2. The van der Waals surface area contributed by atoms with Crippen LogP contribution in [0, 0.1) is 5.41 Å². The van der Waals surface area contributed by atoms with E-state index >= 15 is 0 Å². The third-order valence-corrected chi connectivity index (χ3v) is 1.71. The first-order valence-electron chi connectivity index (χ1n) is 3.74. The summed E-state index contributed by atoms with van der Waals surface area (Å²) in [5.41, 5.74) is 1.36. The smallest absolute Gasteiger partial charge is 0.244 e. The molecule has 0 radical (unpaired) electrons. The number of carbonyl (C=O) groups excluding carboxylic acids is 1. The fourth-order valence-electron chi connectivity index (χ4n) is 1.07. The zero-order valence-electron chi connectivity index (χ0n) is 6.61. The molecule has 1 amide bonds. The number of rotatable bonds is 1. The van der Waals surface area contributed by atoms with Gasteiger partial charge in [0.25, 0.3) is 0 Å². The predicted octanol–water partition coefficient (Wildman–Crippen LogP) is 0.862. The molecule has 0 saturated heterocycles. The Kier molecular flexibility index (Phi) is 2.41. The van der Waals surface area contributed by atoms with E-state index < -0.39 is 0 Å². The molecule has 60 valence electrons. The molecule has 0 unspecified atom stereocenters. The molecule has 0 saturated carbocycles. The van der Waals surface area contributed by atoms with Crippen molar-refractivity contribution in [2.24, 2.45) is 0 Å². The molecule has 0 atom stereocenters. The molecule has 1 aliphatic heterocycles. The van der Waals surface area contributed by atoms with E-state index in [2.05, 4.69) is 5.32 Å². The van der Waals surface area contributed by atoms with Crippen molar-refractivity contribution in [3.63, 3.8) is 0 Å². The highest BCUT2D eigenvalue weighted by atomic mass is 16.1. The van der Waals surface area contributed by atoms with E-state index in [1.807, 2.05) is 0 Å². The van der Waals surface area contributed by atoms with Crippen LogP contribution in [0.4, 0.5) is 0 Å². The van der Waals surface area contributed by atoms with Gasteiger partial charge >= 0.3 is 0 Å². The summed E-state index contributed by atoms with van der Waals surface area (Å²) in [7, 11) is 0. The largest absolute Gasteiger partial charge is 0.353 e. The summed E-state index contributed by atoms with van der Waals surface area (Å²) in [5.74, 6) is -0.0656.